The van der Waals surface area contributed by atoms with Crippen molar-refractivity contribution in [2.45, 2.75) is 51.0 Å². The number of methoxy groups -OCH3 is 1. The summed E-state index contributed by atoms with van der Waals surface area (Å²) in [5.41, 5.74) is 4.13. The maximum atomic E-state index is 13.2. The van der Waals surface area contributed by atoms with Crippen LogP contribution in [-0.2, 0) is 14.8 Å². The van der Waals surface area contributed by atoms with Gasteiger partial charge in [-0.2, -0.15) is 0 Å². The second kappa shape index (κ2) is 11.6. The molecule has 3 rings (SSSR count). The fourth-order valence-electron chi connectivity index (χ4n) is 4.81. The average Bonchev–Trinajstić information content (AvgIpc) is 2.83. The van der Waals surface area contributed by atoms with E-state index < -0.39 is 10.0 Å². The van der Waals surface area contributed by atoms with E-state index in [1.54, 1.807) is 33.1 Å². The summed E-state index contributed by atoms with van der Waals surface area (Å²) in [6.45, 7) is 7.60. The number of ether oxygens (including phenoxy) is 1. The molecule has 8 nitrogen and oxygen atoms in total. The van der Waals surface area contributed by atoms with Crippen LogP contribution >= 0.6 is 0 Å². The number of aryl methyl sites for hydroxylation is 3. The highest BCUT2D eigenvalue weighted by atomic mass is 32.2. The standard InChI is InChI=1S/C27H40N4O4S/c1-19-16-23(31-14-10-22(11-15-31)29(4)5)8-9-25(19)28-26(32)12-13-30(6)36(33,34)27-20(2)17-24(35-7)18-21(27)3/h8-9,16-18,22H,10-15H2,1-7H3,(H,28,32). The molecular weight excluding hydrogens is 476 g/mol. The Morgan fingerprint density at radius 1 is 1.03 bits per heavy atom. The molecule has 0 aromatic heterocycles. The minimum atomic E-state index is -3.74. The lowest BCUT2D eigenvalue weighted by Gasteiger charge is -2.36. The minimum Gasteiger partial charge on any atom is -0.497 e. The van der Waals surface area contributed by atoms with Crippen molar-refractivity contribution in [2.75, 3.05) is 58.1 Å². The highest BCUT2D eigenvalue weighted by Crippen LogP contribution is 2.29. The molecule has 0 saturated carbocycles. The van der Waals surface area contributed by atoms with Crippen LogP contribution in [0, 0.1) is 20.8 Å². The number of benzene rings is 2. The van der Waals surface area contributed by atoms with Gasteiger partial charge in [-0.25, -0.2) is 12.7 Å². The normalized spacial score (nSPS) is 15.0. The summed E-state index contributed by atoms with van der Waals surface area (Å²) < 4.78 is 32.9. The van der Waals surface area contributed by atoms with Crippen molar-refractivity contribution in [3.63, 3.8) is 0 Å². The molecule has 0 bridgehead atoms. The predicted molar refractivity (Wildman–Crippen MR) is 146 cm³/mol. The molecule has 0 spiro atoms. The number of carbonyl (C=O) groups excluding carboxylic acids is 1. The summed E-state index contributed by atoms with van der Waals surface area (Å²) in [6, 6.07) is 10.1. The van der Waals surface area contributed by atoms with Crippen LogP contribution in [0.15, 0.2) is 35.2 Å². The van der Waals surface area contributed by atoms with Crippen molar-refractivity contribution >= 4 is 27.3 Å². The molecule has 1 saturated heterocycles. The van der Waals surface area contributed by atoms with Gasteiger partial charge in [-0.15, -0.1) is 0 Å². The zero-order valence-corrected chi connectivity index (χ0v) is 23.4. The Balaban J connectivity index is 1.59. The van der Waals surface area contributed by atoms with Crippen LogP contribution in [0.1, 0.15) is 36.0 Å². The first kappa shape index (κ1) is 28.0. The van der Waals surface area contributed by atoms with E-state index in [1.807, 2.05) is 19.1 Å². The number of hydrogen-bond acceptors (Lipinski definition) is 6. The van der Waals surface area contributed by atoms with E-state index in [4.69, 9.17) is 4.74 Å². The zero-order chi connectivity index (χ0) is 26.6. The van der Waals surface area contributed by atoms with Gasteiger partial charge in [0.2, 0.25) is 15.9 Å². The molecule has 36 heavy (non-hydrogen) atoms. The van der Waals surface area contributed by atoms with Gasteiger partial charge in [-0.3, -0.25) is 4.79 Å². The first-order chi connectivity index (χ1) is 16.9. The van der Waals surface area contributed by atoms with Gasteiger partial charge >= 0.3 is 0 Å². The fraction of sp³-hybridized carbons (Fsp3) is 0.519. The van der Waals surface area contributed by atoms with Gasteiger partial charge in [0, 0.05) is 50.5 Å². The molecule has 0 aliphatic carbocycles. The highest BCUT2D eigenvalue weighted by molar-refractivity contribution is 7.89. The van der Waals surface area contributed by atoms with Crippen LogP contribution in [0.4, 0.5) is 11.4 Å². The molecule has 0 radical (unpaired) electrons. The highest BCUT2D eigenvalue weighted by Gasteiger charge is 2.26. The molecule has 2 aromatic carbocycles. The Labute approximate surface area is 216 Å². The molecule has 9 heteroatoms. The van der Waals surface area contributed by atoms with Gasteiger partial charge in [-0.05, 0) is 94.7 Å². The number of anilines is 2. The monoisotopic (exact) mass is 516 g/mol. The number of carbonyl (C=O) groups is 1. The Morgan fingerprint density at radius 3 is 2.17 bits per heavy atom. The van der Waals surface area contributed by atoms with Crippen molar-refractivity contribution in [1.82, 2.24) is 9.21 Å². The second-order valence-corrected chi connectivity index (χ2v) is 11.9. The molecule has 1 aliphatic rings. The Bertz CT molecular complexity index is 1170. The molecular formula is C27H40N4O4S. The topological polar surface area (TPSA) is 82.2 Å². The lowest BCUT2D eigenvalue weighted by atomic mass is 10.0. The second-order valence-electron chi connectivity index (χ2n) is 9.90. The third kappa shape index (κ3) is 6.38. The van der Waals surface area contributed by atoms with E-state index >= 15 is 0 Å². The van der Waals surface area contributed by atoms with Gasteiger partial charge in [0.15, 0.2) is 0 Å². The van der Waals surface area contributed by atoms with E-state index in [-0.39, 0.29) is 23.8 Å². The van der Waals surface area contributed by atoms with Gasteiger partial charge in [0.25, 0.3) is 0 Å². The van der Waals surface area contributed by atoms with Crippen molar-refractivity contribution < 1.29 is 17.9 Å². The van der Waals surface area contributed by atoms with E-state index in [1.165, 1.54) is 17.0 Å². The lowest BCUT2D eigenvalue weighted by Crippen LogP contribution is -2.42. The van der Waals surface area contributed by atoms with Gasteiger partial charge in [-0.1, -0.05) is 0 Å². The predicted octanol–water partition coefficient (Wildman–Crippen LogP) is 3.80. The van der Waals surface area contributed by atoms with Gasteiger partial charge < -0.3 is 19.9 Å². The molecule has 1 heterocycles. The Hall–Kier alpha value is -2.62. The van der Waals surface area contributed by atoms with Crippen LogP contribution in [0.5, 0.6) is 5.75 Å². The zero-order valence-electron chi connectivity index (χ0n) is 22.6. The smallest absolute Gasteiger partial charge is 0.243 e. The Kier molecular flexibility index (Phi) is 9.03. The first-order valence-corrected chi connectivity index (χ1v) is 13.8. The summed E-state index contributed by atoms with van der Waals surface area (Å²) in [5, 5.41) is 2.94. The largest absolute Gasteiger partial charge is 0.497 e. The number of amides is 1. The molecule has 1 fully saturated rings. The van der Waals surface area contributed by atoms with E-state index in [2.05, 4.69) is 35.3 Å². The quantitative estimate of drug-likeness (QED) is 0.546. The molecule has 0 unspecified atom stereocenters. The number of rotatable bonds is 9. The number of nitrogens with one attached hydrogen (secondary N) is 1. The first-order valence-electron chi connectivity index (χ1n) is 12.4. The van der Waals surface area contributed by atoms with E-state index in [0.29, 0.717) is 22.9 Å². The van der Waals surface area contributed by atoms with Crippen LogP contribution in [-0.4, -0.2) is 77.5 Å². The minimum absolute atomic E-state index is 0.0588. The van der Waals surface area contributed by atoms with Crippen LogP contribution < -0.4 is 15.0 Å². The van der Waals surface area contributed by atoms with Crippen molar-refractivity contribution in [3.05, 3.63) is 47.0 Å². The molecule has 1 amide bonds. The average molecular weight is 517 g/mol. The van der Waals surface area contributed by atoms with Crippen molar-refractivity contribution in [1.29, 1.82) is 0 Å². The van der Waals surface area contributed by atoms with E-state index in [0.717, 1.165) is 37.2 Å². The third-order valence-electron chi connectivity index (χ3n) is 7.04. The van der Waals surface area contributed by atoms with Crippen molar-refractivity contribution in [3.8, 4) is 5.75 Å². The number of piperidine rings is 1. The summed E-state index contributed by atoms with van der Waals surface area (Å²) in [7, 11) is 3.59. The maximum Gasteiger partial charge on any atom is 0.243 e. The molecule has 1 aliphatic heterocycles. The number of hydrogen-bond donors (Lipinski definition) is 1. The lowest BCUT2D eigenvalue weighted by molar-refractivity contribution is -0.116. The van der Waals surface area contributed by atoms with Crippen molar-refractivity contribution in [2.24, 2.45) is 0 Å². The van der Waals surface area contributed by atoms with Crippen LogP contribution in [0.25, 0.3) is 0 Å². The molecule has 2 aromatic rings. The molecule has 0 atom stereocenters. The Morgan fingerprint density at radius 2 is 1.64 bits per heavy atom. The molecule has 1 N–H and O–H groups in total. The summed E-state index contributed by atoms with van der Waals surface area (Å²) in [5.74, 6) is 0.397. The number of nitrogens with zero attached hydrogens (tertiary/aromatic N) is 3. The van der Waals surface area contributed by atoms with Gasteiger partial charge in [0.1, 0.15) is 5.75 Å². The fourth-order valence-corrected chi connectivity index (χ4v) is 6.38. The van der Waals surface area contributed by atoms with Crippen LogP contribution in [0.3, 0.4) is 0 Å². The van der Waals surface area contributed by atoms with Gasteiger partial charge in [0.05, 0.1) is 12.0 Å². The molecule has 198 valence electrons. The number of sulfonamides is 1. The van der Waals surface area contributed by atoms with E-state index in [9.17, 15) is 13.2 Å². The summed E-state index contributed by atoms with van der Waals surface area (Å²) >= 11 is 0. The SMILES string of the molecule is COc1cc(C)c(S(=O)(=O)N(C)CCC(=O)Nc2ccc(N3CCC(N(C)C)CC3)cc2C)c(C)c1. The maximum absolute atomic E-state index is 13.2. The summed E-state index contributed by atoms with van der Waals surface area (Å²) in [4.78, 5) is 17.6. The third-order valence-corrected chi connectivity index (χ3v) is 9.20. The summed E-state index contributed by atoms with van der Waals surface area (Å²) in [6.07, 6.45) is 2.33. The van der Waals surface area contributed by atoms with Crippen LogP contribution in [0.2, 0.25) is 0 Å².